The van der Waals surface area contributed by atoms with Crippen LogP contribution in [0.25, 0.3) is 0 Å². The first-order chi connectivity index (χ1) is 8.66. The van der Waals surface area contributed by atoms with Crippen LogP contribution in [0, 0.1) is 5.92 Å². The molecule has 0 amide bonds. The number of halogens is 1. The van der Waals surface area contributed by atoms with Gasteiger partial charge in [-0.15, -0.1) is 0 Å². The first-order valence-electron chi connectivity index (χ1n) is 6.81. The number of nitrogens with one attached hydrogen (secondary N) is 1. The van der Waals surface area contributed by atoms with Crippen molar-refractivity contribution in [3.63, 3.8) is 0 Å². The lowest BCUT2D eigenvalue weighted by Crippen LogP contribution is -2.27. The van der Waals surface area contributed by atoms with E-state index in [-0.39, 0.29) is 6.10 Å². The van der Waals surface area contributed by atoms with Gasteiger partial charge in [-0.1, -0.05) is 28.4 Å². The summed E-state index contributed by atoms with van der Waals surface area (Å²) in [7, 11) is 0. The molecule has 0 radical (unpaired) electrons. The molecule has 0 spiro atoms. The van der Waals surface area contributed by atoms with E-state index in [9.17, 15) is 0 Å². The second kappa shape index (κ2) is 6.58. The Labute approximate surface area is 118 Å². The molecule has 18 heavy (non-hydrogen) atoms. The zero-order chi connectivity index (χ0) is 13.0. The summed E-state index contributed by atoms with van der Waals surface area (Å²) in [6, 6.07) is 6.15. The van der Waals surface area contributed by atoms with Crippen molar-refractivity contribution < 1.29 is 4.74 Å². The van der Waals surface area contributed by atoms with Gasteiger partial charge in [0.05, 0.1) is 6.10 Å². The van der Waals surface area contributed by atoms with Gasteiger partial charge in [-0.05, 0) is 51.3 Å². The third-order valence-electron chi connectivity index (χ3n) is 3.40. The largest absolute Gasteiger partial charge is 0.491 e. The summed E-state index contributed by atoms with van der Waals surface area (Å²) in [5.41, 5.74) is 1.23. The highest BCUT2D eigenvalue weighted by Gasteiger charge is 2.17. The van der Waals surface area contributed by atoms with Crippen molar-refractivity contribution in [2.24, 2.45) is 5.92 Å². The van der Waals surface area contributed by atoms with Crippen molar-refractivity contribution in [2.45, 2.75) is 45.8 Å². The van der Waals surface area contributed by atoms with Gasteiger partial charge >= 0.3 is 0 Å². The van der Waals surface area contributed by atoms with Crippen LogP contribution in [-0.2, 0) is 6.54 Å². The van der Waals surface area contributed by atoms with Crippen molar-refractivity contribution in [1.82, 2.24) is 5.32 Å². The van der Waals surface area contributed by atoms with E-state index in [1.165, 1.54) is 24.8 Å². The molecule has 1 aliphatic rings. The van der Waals surface area contributed by atoms with E-state index in [1.807, 2.05) is 12.1 Å². The van der Waals surface area contributed by atoms with Gasteiger partial charge in [0, 0.05) is 16.6 Å². The number of ether oxygens (including phenoxy) is 1. The third kappa shape index (κ3) is 3.72. The van der Waals surface area contributed by atoms with E-state index < -0.39 is 0 Å². The van der Waals surface area contributed by atoms with Crippen LogP contribution in [0.5, 0.6) is 5.75 Å². The van der Waals surface area contributed by atoms with Crippen molar-refractivity contribution in [1.29, 1.82) is 0 Å². The first kappa shape index (κ1) is 13.9. The molecule has 0 heterocycles. The highest BCUT2D eigenvalue weighted by atomic mass is 79.9. The molecular weight excluding hydrogens is 290 g/mol. The van der Waals surface area contributed by atoms with E-state index >= 15 is 0 Å². The summed E-state index contributed by atoms with van der Waals surface area (Å²) in [6.07, 6.45) is 4.39. The average Bonchev–Trinajstić information content (AvgIpc) is 2.24. The van der Waals surface area contributed by atoms with Gasteiger partial charge in [0.1, 0.15) is 5.75 Å². The minimum absolute atomic E-state index is 0.213. The molecule has 0 aliphatic heterocycles. The zero-order valence-electron chi connectivity index (χ0n) is 11.2. The smallest absolute Gasteiger partial charge is 0.125 e. The predicted octanol–water partition coefficient (Wildman–Crippen LogP) is 4.13. The molecule has 1 saturated carbocycles. The summed E-state index contributed by atoms with van der Waals surface area (Å²) in [5.74, 6) is 1.88. The van der Waals surface area contributed by atoms with Crippen molar-refractivity contribution in [3.8, 4) is 5.75 Å². The summed E-state index contributed by atoms with van der Waals surface area (Å²) in [6.45, 7) is 6.13. The van der Waals surface area contributed by atoms with Gasteiger partial charge in [-0.3, -0.25) is 0 Å². The van der Waals surface area contributed by atoms with E-state index in [0.717, 1.165) is 29.2 Å². The Balaban J connectivity index is 1.95. The summed E-state index contributed by atoms with van der Waals surface area (Å²) in [5, 5.41) is 3.55. The Bertz CT molecular complexity index is 388. The minimum Gasteiger partial charge on any atom is -0.491 e. The van der Waals surface area contributed by atoms with E-state index in [2.05, 4.69) is 41.2 Å². The van der Waals surface area contributed by atoms with Gasteiger partial charge in [0.25, 0.3) is 0 Å². The Morgan fingerprint density at radius 3 is 2.78 bits per heavy atom. The zero-order valence-corrected chi connectivity index (χ0v) is 12.8. The van der Waals surface area contributed by atoms with E-state index in [1.54, 1.807) is 0 Å². The van der Waals surface area contributed by atoms with Gasteiger partial charge in [-0.25, -0.2) is 0 Å². The van der Waals surface area contributed by atoms with Gasteiger partial charge in [0.15, 0.2) is 0 Å². The summed E-state index contributed by atoms with van der Waals surface area (Å²) in [4.78, 5) is 0. The number of hydrogen-bond donors (Lipinski definition) is 1. The molecule has 1 aromatic rings. The van der Waals surface area contributed by atoms with E-state index in [0.29, 0.717) is 0 Å². The summed E-state index contributed by atoms with van der Waals surface area (Å²) < 4.78 is 6.98. The maximum absolute atomic E-state index is 5.85. The van der Waals surface area contributed by atoms with Crippen LogP contribution >= 0.6 is 15.9 Å². The van der Waals surface area contributed by atoms with Crippen LogP contribution in [0.15, 0.2) is 22.7 Å². The maximum Gasteiger partial charge on any atom is 0.125 e. The molecule has 1 fully saturated rings. The lowest BCUT2D eigenvalue weighted by Gasteiger charge is -2.26. The molecular formula is C15H22BrNO. The monoisotopic (exact) mass is 311 g/mol. The second-order valence-electron chi connectivity index (χ2n) is 5.31. The highest BCUT2D eigenvalue weighted by Crippen LogP contribution is 2.28. The van der Waals surface area contributed by atoms with Crippen LogP contribution in [0.1, 0.15) is 38.7 Å². The van der Waals surface area contributed by atoms with Gasteiger partial charge in [-0.2, -0.15) is 0 Å². The second-order valence-corrected chi connectivity index (χ2v) is 6.17. The van der Waals surface area contributed by atoms with Crippen LogP contribution < -0.4 is 10.1 Å². The van der Waals surface area contributed by atoms with Gasteiger partial charge in [0.2, 0.25) is 0 Å². The van der Waals surface area contributed by atoms with Crippen molar-refractivity contribution >= 4 is 15.9 Å². The van der Waals surface area contributed by atoms with Crippen LogP contribution in [0.2, 0.25) is 0 Å². The van der Waals surface area contributed by atoms with Crippen LogP contribution in [0.3, 0.4) is 0 Å². The number of hydrogen-bond acceptors (Lipinski definition) is 2. The Morgan fingerprint density at radius 1 is 1.39 bits per heavy atom. The SMILES string of the molecule is CC(C)Oc1cccc(Br)c1CNCC1CCC1. The molecule has 0 aromatic heterocycles. The van der Waals surface area contributed by atoms with Crippen molar-refractivity contribution in [2.75, 3.05) is 6.54 Å². The molecule has 1 N–H and O–H groups in total. The minimum atomic E-state index is 0.213. The third-order valence-corrected chi connectivity index (χ3v) is 4.14. The molecule has 0 saturated heterocycles. The topological polar surface area (TPSA) is 21.3 Å². The molecule has 2 rings (SSSR count). The standard InChI is InChI=1S/C15H22BrNO/c1-11(2)18-15-8-4-7-14(16)13(15)10-17-9-12-5-3-6-12/h4,7-8,11-12,17H,3,5-6,9-10H2,1-2H3. The van der Waals surface area contributed by atoms with Crippen LogP contribution in [0.4, 0.5) is 0 Å². The average molecular weight is 312 g/mol. The molecule has 2 nitrogen and oxygen atoms in total. The Kier molecular flexibility index (Phi) is 5.07. The van der Waals surface area contributed by atoms with Gasteiger partial charge < -0.3 is 10.1 Å². The molecule has 0 bridgehead atoms. The lowest BCUT2D eigenvalue weighted by atomic mass is 9.85. The summed E-state index contributed by atoms with van der Waals surface area (Å²) >= 11 is 3.62. The normalized spacial score (nSPS) is 15.8. The number of benzene rings is 1. The lowest BCUT2D eigenvalue weighted by molar-refractivity contribution is 0.238. The molecule has 0 atom stereocenters. The molecule has 100 valence electrons. The fourth-order valence-corrected chi connectivity index (χ4v) is 2.66. The Hall–Kier alpha value is -0.540. The van der Waals surface area contributed by atoms with Crippen LogP contribution in [-0.4, -0.2) is 12.6 Å². The molecule has 1 aromatic carbocycles. The van der Waals surface area contributed by atoms with E-state index in [4.69, 9.17) is 4.74 Å². The first-order valence-corrected chi connectivity index (χ1v) is 7.61. The molecule has 1 aliphatic carbocycles. The predicted molar refractivity (Wildman–Crippen MR) is 79.0 cm³/mol. The quantitative estimate of drug-likeness (QED) is 0.853. The molecule has 3 heteroatoms. The van der Waals surface area contributed by atoms with Crippen molar-refractivity contribution in [3.05, 3.63) is 28.2 Å². The fraction of sp³-hybridized carbons (Fsp3) is 0.600. The number of rotatable bonds is 6. The maximum atomic E-state index is 5.85. The highest BCUT2D eigenvalue weighted by molar-refractivity contribution is 9.10. The molecule has 0 unspecified atom stereocenters. The Morgan fingerprint density at radius 2 is 2.17 bits per heavy atom. The fourth-order valence-electron chi connectivity index (χ4n) is 2.17.